The number of cyclic esters (lactones) is 1. The fourth-order valence-electron chi connectivity index (χ4n) is 6.98. The van der Waals surface area contributed by atoms with Crippen molar-refractivity contribution in [3.8, 4) is 0 Å². The fourth-order valence-corrected chi connectivity index (χ4v) is 9.12. The molecule has 1 aromatic carbocycles. The molecule has 1 N–H and O–H groups in total. The maximum Gasteiger partial charge on any atom is 0.311 e. The monoisotopic (exact) mass is 538 g/mol. The first-order valence-corrected chi connectivity index (χ1v) is 14.5. The fraction of sp³-hybridized carbons (Fsp3) is 0.567. The van der Waals surface area contributed by atoms with Crippen molar-refractivity contribution in [1.82, 2.24) is 4.90 Å². The molecule has 0 bridgehead atoms. The maximum absolute atomic E-state index is 14.7. The second-order valence-electron chi connectivity index (χ2n) is 11.1. The molecule has 1 unspecified atom stereocenters. The van der Waals surface area contributed by atoms with Gasteiger partial charge < -0.3 is 19.6 Å². The minimum Gasteiger partial charge on any atom is -0.465 e. The number of nitrogens with zero attached hydrogens (tertiary/aromatic N) is 2. The molecule has 5 rings (SSSR count). The Morgan fingerprint density at radius 2 is 1.82 bits per heavy atom. The van der Waals surface area contributed by atoms with Gasteiger partial charge in [-0.15, -0.1) is 11.8 Å². The van der Waals surface area contributed by atoms with Gasteiger partial charge in [-0.3, -0.25) is 14.4 Å². The lowest BCUT2D eigenvalue weighted by Gasteiger charge is -2.40. The van der Waals surface area contributed by atoms with Crippen LogP contribution in [0.2, 0.25) is 0 Å². The largest absolute Gasteiger partial charge is 0.465 e. The summed E-state index contributed by atoms with van der Waals surface area (Å²) in [5, 5.41) is 10.3. The number of hydrogen-bond donors (Lipinski definition) is 1. The van der Waals surface area contributed by atoms with Crippen molar-refractivity contribution in [1.29, 1.82) is 0 Å². The number of benzene rings is 1. The van der Waals surface area contributed by atoms with Crippen LogP contribution >= 0.6 is 11.8 Å². The highest BCUT2D eigenvalue weighted by molar-refractivity contribution is 8.02. The molecular formula is C30H38N2O5S. The number of fused-ring (bicyclic) bond motifs is 2. The lowest BCUT2D eigenvalue weighted by molar-refractivity contribution is -0.154. The highest BCUT2D eigenvalue weighted by Gasteiger charge is 2.74. The van der Waals surface area contributed by atoms with Crippen LogP contribution in [0.15, 0.2) is 42.5 Å². The molecule has 1 spiro atoms. The number of ether oxygens (including phenoxy) is 1. The van der Waals surface area contributed by atoms with Crippen LogP contribution in [0.3, 0.4) is 0 Å². The topological polar surface area (TPSA) is 87.2 Å². The standard InChI is InChI=1S/C30H38N2O5S/c1-5-21(18-33)32-25-27(35)31(24-19(2)12-10-13-20(24)3)16-11-15-30(25)22(26(32)34)23-28(36)37-17-9-7-6-8-14-29(23,4)38-30/h8,10-15,21-23,25,33H,5-7,9,16-18H2,1-4H3/b14-8-/t21-,22-,23-,25?,29+,30-/m0/s1. The summed E-state index contributed by atoms with van der Waals surface area (Å²) in [6.07, 6.45) is 11.2. The number of hydrogen-bond acceptors (Lipinski definition) is 6. The van der Waals surface area contributed by atoms with Gasteiger partial charge in [0.2, 0.25) is 5.91 Å². The highest BCUT2D eigenvalue weighted by atomic mass is 32.2. The average Bonchev–Trinajstić information content (AvgIpc) is 3.21. The van der Waals surface area contributed by atoms with E-state index in [0.717, 1.165) is 36.1 Å². The van der Waals surface area contributed by atoms with E-state index in [-0.39, 0.29) is 24.4 Å². The average molecular weight is 539 g/mol. The molecule has 1 aromatic rings. The van der Waals surface area contributed by atoms with Gasteiger partial charge in [0, 0.05) is 17.0 Å². The van der Waals surface area contributed by atoms with Crippen LogP contribution in [0.4, 0.5) is 5.69 Å². The van der Waals surface area contributed by atoms with E-state index >= 15 is 0 Å². The summed E-state index contributed by atoms with van der Waals surface area (Å²) in [4.78, 5) is 46.1. The number of anilines is 1. The van der Waals surface area contributed by atoms with E-state index < -0.39 is 33.4 Å². The number of aliphatic hydroxyl groups excluding tert-OH is 1. The Kier molecular flexibility index (Phi) is 7.24. The third-order valence-electron chi connectivity index (χ3n) is 8.72. The Morgan fingerprint density at radius 1 is 1.08 bits per heavy atom. The second kappa shape index (κ2) is 10.2. The normalized spacial score (nSPS) is 34.8. The number of amides is 2. The van der Waals surface area contributed by atoms with Crippen molar-refractivity contribution >= 4 is 35.2 Å². The lowest BCUT2D eigenvalue weighted by Crippen LogP contribution is -2.57. The van der Waals surface area contributed by atoms with E-state index in [9.17, 15) is 19.5 Å². The van der Waals surface area contributed by atoms with Crippen LogP contribution in [0, 0.1) is 25.7 Å². The van der Waals surface area contributed by atoms with Gasteiger partial charge >= 0.3 is 5.97 Å². The Labute approximate surface area is 229 Å². The van der Waals surface area contributed by atoms with Gasteiger partial charge in [0.25, 0.3) is 5.91 Å². The minimum atomic E-state index is -0.959. The molecule has 2 saturated heterocycles. The number of esters is 1. The van der Waals surface area contributed by atoms with Gasteiger partial charge in [0.05, 0.1) is 35.8 Å². The van der Waals surface area contributed by atoms with Crippen LogP contribution in [-0.2, 0) is 19.1 Å². The number of thioether (sulfide) groups is 1. The Balaban J connectivity index is 1.69. The highest BCUT2D eigenvalue weighted by Crippen LogP contribution is 2.65. The molecule has 204 valence electrons. The Hall–Kier alpha value is -2.58. The summed E-state index contributed by atoms with van der Waals surface area (Å²) in [5.74, 6) is -2.30. The van der Waals surface area contributed by atoms with Crippen LogP contribution in [0.25, 0.3) is 0 Å². The van der Waals surface area contributed by atoms with Crippen LogP contribution in [0.1, 0.15) is 50.7 Å². The van der Waals surface area contributed by atoms with E-state index in [0.29, 0.717) is 19.6 Å². The zero-order chi connectivity index (χ0) is 27.2. The molecule has 2 amide bonds. The summed E-state index contributed by atoms with van der Waals surface area (Å²) in [6.45, 7) is 8.33. The molecule has 0 aromatic heterocycles. The van der Waals surface area contributed by atoms with Crippen molar-refractivity contribution in [2.75, 3.05) is 24.7 Å². The first kappa shape index (κ1) is 27.0. The number of aliphatic hydroxyl groups is 1. The van der Waals surface area contributed by atoms with E-state index in [1.54, 1.807) is 21.6 Å². The van der Waals surface area contributed by atoms with Crippen molar-refractivity contribution < 1.29 is 24.2 Å². The molecule has 38 heavy (non-hydrogen) atoms. The summed E-state index contributed by atoms with van der Waals surface area (Å²) < 4.78 is 4.06. The number of rotatable bonds is 4. The second-order valence-corrected chi connectivity index (χ2v) is 12.9. The van der Waals surface area contributed by atoms with Crippen molar-refractivity contribution in [2.24, 2.45) is 11.8 Å². The predicted octanol–water partition coefficient (Wildman–Crippen LogP) is 3.95. The van der Waals surface area contributed by atoms with Gasteiger partial charge in [-0.1, -0.05) is 49.4 Å². The summed E-state index contributed by atoms with van der Waals surface area (Å²) in [5.41, 5.74) is 2.81. The SMILES string of the molecule is CC[C@@H](CO)N1C(=O)[C@@H]2[C@H]3C(=O)OCCCC/C=C\[C@@]3(C)S[C@@]23C=CCN(c2c(C)cccc2C)C(=O)C13. The Morgan fingerprint density at radius 3 is 2.50 bits per heavy atom. The van der Waals surface area contributed by atoms with E-state index in [2.05, 4.69) is 12.2 Å². The minimum absolute atomic E-state index is 0.174. The maximum atomic E-state index is 14.7. The van der Waals surface area contributed by atoms with Gasteiger partial charge in [0.15, 0.2) is 0 Å². The molecule has 7 nitrogen and oxygen atoms in total. The number of carbonyl (C=O) groups is 3. The summed E-state index contributed by atoms with van der Waals surface area (Å²) in [6, 6.07) is 4.57. The number of para-hydroxylation sites is 1. The van der Waals surface area contributed by atoms with Gasteiger partial charge in [-0.05, 0) is 57.6 Å². The van der Waals surface area contributed by atoms with Crippen LogP contribution in [-0.4, -0.2) is 69.1 Å². The molecular weight excluding hydrogens is 500 g/mol. The molecule has 0 saturated carbocycles. The van der Waals surface area contributed by atoms with Crippen LogP contribution in [0.5, 0.6) is 0 Å². The number of carbonyl (C=O) groups excluding carboxylic acids is 3. The Bertz CT molecular complexity index is 1170. The van der Waals surface area contributed by atoms with Crippen LogP contribution < -0.4 is 4.90 Å². The number of likely N-dealkylation sites (tertiary alicyclic amines) is 1. The van der Waals surface area contributed by atoms with Gasteiger partial charge in [0.1, 0.15) is 6.04 Å². The smallest absolute Gasteiger partial charge is 0.311 e. The molecule has 2 fully saturated rings. The van der Waals surface area contributed by atoms with E-state index in [4.69, 9.17) is 4.74 Å². The molecule has 4 aliphatic heterocycles. The third-order valence-corrected chi connectivity index (χ3v) is 10.5. The quantitative estimate of drug-likeness (QED) is 0.462. The molecule has 6 atom stereocenters. The summed E-state index contributed by atoms with van der Waals surface area (Å²) in [7, 11) is 0. The van der Waals surface area contributed by atoms with Gasteiger partial charge in [-0.2, -0.15) is 0 Å². The zero-order valence-electron chi connectivity index (χ0n) is 22.7. The van der Waals surface area contributed by atoms with Gasteiger partial charge in [-0.25, -0.2) is 0 Å². The first-order chi connectivity index (χ1) is 18.2. The number of aryl methyl sites for hydroxylation is 2. The van der Waals surface area contributed by atoms with Crippen molar-refractivity contribution in [3.63, 3.8) is 0 Å². The van der Waals surface area contributed by atoms with Crippen molar-refractivity contribution in [2.45, 2.75) is 75.0 Å². The van der Waals surface area contributed by atoms with Crippen molar-refractivity contribution in [3.05, 3.63) is 53.6 Å². The predicted molar refractivity (Wildman–Crippen MR) is 149 cm³/mol. The third kappa shape index (κ3) is 4.02. The lowest BCUT2D eigenvalue weighted by atomic mass is 9.74. The molecule has 4 heterocycles. The molecule has 4 aliphatic rings. The molecule has 0 aliphatic carbocycles. The first-order valence-electron chi connectivity index (χ1n) is 13.7. The van der Waals surface area contributed by atoms with E-state index in [1.165, 1.54) is 0 Å². The van der Waals surface area contributed by atoms with E-state index in [1.807, 2.05) is 58.0 Å². The zero-order valence-corrected chi connectivity index (χ0v) is 23.5. The molecule has 0 radical (unpaired) electrons. The number of allylic oxidation sites excluding steroid dienone is 1. The molecule has 8 heteroatoms. The summed E-state index contributed by atoms with van der Waals surface area (Å²) >= 11 is 1.54.